The van der Waals surface area contributed by atoms with Crippen LogP contribution in [-0.2, 0) is 15.4 Å². The number of phenolic OH excluding ortho intramolecular Hbond substituents is 1. The highest BCUT2D eigenvalue weighted by Gasteiger charge is 2.38. The van der Waals surface area contributed by atoms with Gasteiger partial charge in [-0.2, -0.15) is 0 Å². The summed E-state index contributed by atoms with van der Waals surface area (Å²) in [6.45, 7) is 8.48. The molecule has 0 unspecified atom stereocenters. The van der Waals surface area contributed by atoms with Crippen LogP contribution in [0.4, 0.5) is 5.69 Å². The van der Waals surface area contributed by atoms with E-state index in [0.717, 1.165) is 29.0 Å². The van der Waals surface area contributed by atoms with Gasteiger partial charge in [0.25, 0.3) is 0 Å². The highest BCUT2D eigenvalue weighted by Crippen LogP contribution is 2.40. The van der Waals surface area contributed by atoms with E-state index in [4.69, 9.17) is 5.41 Å². The zero-order valence-corrected chi connectivity index (χ0v) is 24.4. The van der Waals surface area contributed by atoms with Crippen LogP contribution in [0.1, 0.15) is 67.9 Å². The van der Waals surface area contributed by atoms with Crippen molar-refractivity contribution < 1.29 is 18.3 Å². The van der Waals surface area contributed by atoms with Gasteiger partial charge in [-0.15, -0.1) is 17.0 Å². The van der Waals surface area contributed by atoms with E-state index >= 15 is 0 Å². The Morgan fingerprint density at radius 2 is 1.81 bits per heavy atom. The molecule has 1 fully saturated rings. The summed E-state index contributed by atoms with van der Waals surface area (Å²) in [6.07, 6.45) is 3.02. The van der Waals surface area contributed by atoms with Crippen molar-refractivity contribution in [2.24, 2.45) is 5.92 Å². The number of nitrogens with one attached hydrogen (secondary N) is 1. The fourth-order valence-electron chi connectivity index (χ4n) is 4.81. The van der Waals surface area contributed by atoms with Gasteiger partial charge in [-0.25, -0.2) is 8.42 Å². The molecule has 3 rings (SSSR count). The van der Waals surface area contributed by atoms with Crippen molar-refractivity contribution in [1.82, 2.24) is 4.90 Å². The maximum Gasteiger partial charge on any atom is 0.232 e. The van der Waals surface area contributed by atoms with E-state index < -0.39 is 15.4 Å². The molecule has 2 atom stereocenters. The van der Waals surface area contributed by atoms with Crippen LogP contribution < -0.4 is 4.31 Å². The molecule has 0 radical (unpaired) electrons. The molecule has 198 valence electrons. The molecule has 0 saturated carbocycles. The smallest absolute Gasteiger partial charge is 0.232 e. The zero-order chi connectivity index (χ0) is 26.1. The van der Waals surface area contributed by atoms with Crippen LogP contribution in [0.3, 0.4) is 0 Å². The Morgan fingerprint density at radius 3 is 2.33 bits per heavy atom. The molecule has 0 spiro atoms. The fourth-order valence-corrected chi connectivity index (χ4v) is 5.31. The van der Waals surface area contributed by atoms with Crippen LogP contribution in [-0.4, -0.2) is 56.4 Å². The number of halogens is 1. The highest BCUT2D eigenvalue weighted by molar-refractivity contribution is 8.93. The van der Waals surface area contributed by atoms with Crippen LogP contribution in [0, 0.1) is 11.3 Å². The van der Waals surface area contributed by atoms with Crippen molar-refractivity contribution in [3.63, 3.8) is 0 Å². The molecule has 1 saturated heterocycles. The lowest BCUT2D eigenvalue weighted by atomic mass is 9.84. The summed E-state index contributed by atoms with van der Waals surface area (Å²) in [6, 6.07) is 13.1. The molecular weight excluding hydrogens is 542 g/mol. The number of amidine groups is 1. The second kappa shape index (κ2) is 11.3. The summed E-state index contributed by atoms with van der Waals surface area (Å²) in [5.74, 6) is 0.266. The molecule has 0 bridgehead atoms. The van der Waals surface area contributed by atoms with Crippen molar-refractivity contribution in [3.05, 3.63) is 59.2 Å². The molecule has 0 amide bonds. The minimum atomic E-state index is -3.65. The summed E-state index contributed by atoms with van der Waals surface area (Å²) in [5, 5.41) is 19.8. The fraction of sp³-hybridized carbons (Fsp3) is 0.481. The Bertz CT molecular complexity index is 1210. The molecule has 9 heteroatoms. The lowest BCUT2D eigenvalue weighted by Crippen LogP contribution is -2.32. The maximum absolute atomic E-state index is 13.5. The molecule has 1 aliphatic rings. The maximum atomic E-state index is 13.5. The number of anilines is 1. The Morgan fingerprint density at radius 1 is 1.19 bits per heavy atom. The van der Waals surface area contributed by atoms with Crippen molar-refractivity contribution in [1.29, 1.82) is 5.41 Å². The normalized spacial score (nSPS) is 18.2. The third-order valence-electron chi connectivity index (χ3n) is 6.77. The van der Waals surface area contributed by atoms with E-state index in [-0.39, 0.29) is 52.6 Å². The predicted molar refractivity (Wildman–Crippen MR) is 152 cm³/mol. The topological polar surface area (TPSA) is 102 Å². The Balaban J connectivity index is 0.00000456. The number of likely N-dealkylation sites (tertiary alicyclic amines) is 1. The molecule has 36 heavy (non-hydrogen) atoms. The van der Waals surface area contributed by atoms with E-state index in [9.17, 15) is 18.3 Å². The summed E-state index contributed by atoms with van der Waals surface area (Å²) < 4.78 is 25.4. The number of rotatable bonds is 8. The average molecular weight is 581 g/mol. The molecular formula is C27H38BrN3O4S. The van der Waals surface area contributed by atoms with E-state index in [0.29, 0.717) is 23.5 Å². The number of sulfonamides is 1. The summed E-state index contributed by atoms with van der Waals surface area (Å²) in [4.78, 5) is 15.3. The van der Waals surface area contributed by atoms with Crippen LogP contribution in [0.15, 0.2) is 42.5 Å². The van der Waals surface area contributed by atoms with Gasteiger partial charge in [-0.3, -0.25) is 14.5 Å². The molecule has 2 aromatic rings. The lowest BCUT2D eigenvalue weighted by molar-refractivity contribution is 0.0963. The second-order valence-corrected chi connectivity index (χ2v) is 12.5. The minimum Gasteiger partial charge on any atom is -0.505 e. The first-order valence-electron chi connectivity index (χ1n) is 12.0. The first kappa shape index (κ1) is 29.8. The number of nitrogens with zero attached hydrogens (tertiary/aromatic N) is 2. The number of carbonyl (C=O) groups excluding carboxylic acids is 1. The third kappa shape index (κ3) is 6.29. The summed E-state index contributed by atoms with van der Waals surface area (Å²) in [7, 11) is -2.29. The Kier molecular flexibility index (Phi) is 9.40. The number of hydrogen-bond acceptors (Lipinski definition) is 5. The first-order valence-corrected chi connectivity index (χ1v) is 13.8. The highest BCUT2D eigenvalue weighted by atomic mass is 79.9. The number of ketones is 1. The molecule has 7 nitrogen and oxygen atoms in total. The Labute approximate surface area is 225 Å². The molecule has 2 N–H and O–H groups in total. The van der Waals surface area contributed by atoms with Gasteiger partial charge in [0.15, 0.2) is 5.78 Å². The van der Waals surface area contributed by atoms with Gasteiger partial charge >= 0.3 is 0 Å². The quantitative estimate of drug-likeness (QED) is 0.411. The van der Waals surface area contributed by atoms with Gasteiger partial charge < -0.3 is 10.0 Å². The van der Waals surface area contributed by atoms with E-state index in [1.54, 1.807) is 6.07 Å². The summed E-state index contributed by atoms with van der Waals surface area (Å²) in [5.41, 5.74) is 1.46. The number of phenols is 1. The van der Waals surface area contributed by atoms with Gasteiger partial charge in [0.05, 0.1) is 18.5 Å². The molecule has 1 aliphatic heterocycles. The van der Waals surface area contributed by atoms with E-state index in [1.807, 2.05) is 56.0 Å². The van der Waals surface area contributed by atoms with Crippen molar-refractivity contribution in [2.45, 2.75) is 51.9 Å². The van der Waals surface area contributed by atoms with Crippen LogP contribution >= 0.6 is 17.0 Å². The second-order valence-electron chi connectivity index (χ2n) is 10.5. The van der Waals surface area contributed by atoms with Gasteiger partial charge in [0.1, 0.15) is 11.6 Å². The SMILES string of the molecule is Br.CCC[C@@H]1CN(CC(=O)c2cc(N(C)S(C)(=O)=O)c(O)c(C(C)(C)C)c2)C(=N)[C@@H]1c1ccccc1. The number of aromatic hydroxyl groups is 1. The Hall–Kier alpha value is -2.39. The molecule has 0 aromatic heterocycles. The minimum absolute atomic E-state index is 0. The number of benzene rings is 2. The van der Waals surface area contributed by atoms with Crippen LogP contribution in [0.5, 0.6) is 5.75 Å². The van der Waals surface area contributed by atoms with Crippen molar-refractivity contribution in [3.8, 4) is 5.75 Å². The molecule has 1 heterocycles. The zero-order valence-electron chi connectivity index (χ0n) is 21.9. The monoisotopic (exact) mass is 579 g/mol. The number of hydrogen-bond donors (Lipinski definition) is 2. The van der Waals surface area contributed by atoms with Gasteiger partial charge in [-0.05, 0) is 35.4 Å². The first-order chi connectivity index (χ1) is 16.3. The number of Topliss-reactive ketones (excluding diaryl/α,β-unsaturated/α-hetero) is 1. The summed E-state index contributed by atoms with van der Waals surface area (Å²) >= 11 is 0. The van der Waals surface area contributed by atoms with Crippen molar-refractivity contribution >= 4 is 44.3 Å². The average Bonchev–Trinajstić information content (AvgIpc) is 3.07. The third-order valence-corrected chi connectivity index (χ3v) is 7.96. The van der Waals surface area contributed by atoms with E-state index in [1.165, 1.54) is 13.1 Å². The van der Waals surface area contributed by atoms with Crippen molar-refractivity contribution in [2.75, 3.05) is 30.7 Å². The lowest BCUT2D eigenvalue weighted by Gasteiger charge is -2.27. The predicted octanol–water partition coefficient (Wildman–Crippen LogP) is 5.34. The standard InChI is InChI=1S/C27H37N3O4S.BrH/c1-7-11-19-16-30(26(28)24(19)18-12-9-8-10-13-18)17-23(31)20-14-21(27(2,3)4)25(32)22(15-20)29(5)35(6,33)34;/h8-10,12-15,19,24,28,32H,7,11,16-17H2,1-6H3;1H/t19-,24-;/m1./s1. The number of carbonyl (C=O) groups is 1. The van der Waals surface area contributed by atoms with Gasteiger partial charge in [-0.1, -0.05) is 64.4 Å². The van der Waals surface area contributed by atoms with Gasteiger partial charge in [0.2, 0.25) is 10.0 Å². The van der Waals surface area contributed by atoms with Gasteiger partial charge in [0, 0.05) is 30.6 Å². The largest absolute Gasteiger partial charge is 0.505 e. The van der Waals surface area contributed by atoms with E-state index in [2.05, 4.69) is 6.92 Å². The molecule has 2 aromatic carbocycles. The van der Waals surface area contributed by atoms with Crippen LogP contribution in [0.2, 0.25) is 0 Å². The van der Waals surface area contributed by atoms with Crippen LogP contribution in [0.25, 0.3) is 0 Å². The molecule has 0 aliphatic carbocycles.